The topological polar surface area (TPSA) is 15.7 Å². The third kappa shape index (κ3) is 3.65. The minimum absolute atomic E-state index is 0. The highest BCUT2D eigenvalue weighted by Crippen LogP contribution is 2.40. The van der Waals surface area contributed by atoms with Gasteiger partial charge in [0.25, 0.3) is 0 Å². The molecule has 3 heteroatoms. The van der Waals surface area contributed by atoms with Crippen LogP contribution in [-0.2, 0) is 6.42 Å². The Labute approximate surface area is 163 Å². The molecule has 3 nitrogen and oxygen atoms in total. The zero-order valence-corrected chi connectivity index (χ0v) is 15.5. The average Bonchev–Trinajstić information content (AvgIpc) is 2.73. The van der Waals surface area contributed by atoms with Gasteiger partial charge in [-0.15, -0.1) is 0 Å². The Kier molecular flexibility index (Phi) is 5.29. The van der Waals surface area contributed by atoms with E-state index in [1.54, 1.807) is 0 Å². The quantitative estimate of drug-likeness (QED) is 0.554. The molecule has 0 aromatic heterocycles. The number of ether oxygens (including phenoxy) is 1. The van der Waals surface area contributed by atoms with Gasteiger partial charge in [-0.1, -0.05) is 19.6 Å². The number of rotatable bonds is 2. The van der Waals surface area contributed by atoms with Crippen LogP contribution >= 0.6 is 0 Å². The van der Waals surface area contributed by atoms with Crippen LogP contribution in [0.2, 0.25) is 0 Å². The van der Waals surface area contributed by atoms with Gasteiger partial charge in [-0.3, -0.25) is 0 Å². The number of nitrogens with zero attached hydrogens (tertiary/aromatic N) is 2. The third-order valence-corrected chi connectivity index (χ3v) is 6.14. The van der Waals surface area contributed by atoms with Crippen LogP contribution in [0.5, 0.6) is 11.5 Å². The molecule has 5 rings (SSSR count). The van der Waals surface area contributed by atoms with Crippen molar-refractivity contribution in [3.05, 3.63) is 47.5 Å². The largest absolute Gasteiger partial charge is 0.457 e. The highest BCUT2D eigenvalue weighted by molar-refractivity contribution is 5.62. The van der Waals surface area contributed by atoms with Gasteiger partial charge < -0.3 is 14.5 Å². The minimum atomic E-state index is 0. The van der Waals surface area contributed by atoms with E-state index in [9.17, 15) is 0 Å². The molecule has 0 amide bonds. The maximum atomic E-state index is 6.39. The second-order valence-electron chi connectivity index (χ2n) is 7.96. The van der Waals surface area contributed by atoms with E-state index in [1.807, 2.05) is 0 Å². The predicted octanol–water partition coefficient (Wildman–Crippen LogP) is 6.00. The Morgan fingerprint density at radius 2 is 1.04 bits per heavy atom. The first-order chi connectivity index (χ1) is 12.9. The Balaban J connectivity index is 0.00000180. The van der Waals surface area contributed by atoms with E-state index in [1.165, 1.54) is 87.2 Å². The smallest absolute Gasteiger partial charge is 0.133 e. The molecule has 0 N–H and O–H groups in total. The molecule has 2 aromatic carbocycles. The van der Waals surface area contributed by atoms with Crippen LogP contribution in [0.1, 0.15) is 57.1 Å². The minimum Gasteiger partial charge on any atom is -0.457 e. The van der Waals surface area contributed by atoms with Crippen LogP contribution in [0.4, 0.5) is 11.4 Å². The first-order valence-electron chi connectivity index (χ1n) is 10.3. The number of hydrogen-bond donors (Lipinski definition) is 0. The second-order valence-corrected chi connectivity index (χ2v) is 7.96. The fourth-order valence-corrected chi connectivity index (χ4v) is 4.59. The molecule has 0 aliphatic carbocycles. The predicted molar refractivity (Wildman–Crippen MR) is 115 cm³/mol. The zero-order valence-electron chi connectivity index (χ0n) is 15.5. The molecule has 2 fully saturated rings. The van der Waals surface area contributed by atoms with Crippen LogP contribution in [0.25, 0.3) is 0 Å². The summed E-state index contributed by atoms with van der Waals surface area (Å²) in [6, 6.07) is 13.6. The van der Waals surface area contributed by atoms with Gasteiger partial charge in [0.1, 0.15) is 11.5 Å². The molecule has 2 aromatic rings. The summed E-state index contributed by atoms with van der Waals surface area (Å²) < 4.78 is 6.39. The lowest BCUT2D eigenvalue weighted by Crippen LogP contribution is -2.29. The molecule has 2 saturated heterocycles. The molecule has 27 heavy (non-hydrogen) atoms. The molecule has 3 aliphatic rings. The maximum Gasteiger partial charge on any atom is 0.133 e. The summed E-state index contributed by atoms with van der Waals surface area (Å²) in [7, 11) is 0. The van der Waals surface area contributed by atoms with Gasteiger partial charge in [-0.25, -0.2) is 0 Å². The zero-order chi connectivity index (χ0) is 17.3. The van der Waals surface area contributed by atoms with Crippen molar-refractivity contribution in [2.75, 3.05) is 36.0 Å². The average molecular weight is 365 g/mol. The van der Waals surface area contributed by atoms with Gasteiger partial charge in [0.2, 0.25) is 0 Å². The van der Waals surface area contributed by atoms with Crippen molar-refractivity contribution in [3.8, 4) is 11.5 Å². The summed E-state index contributed by atoms with van der Waals surface area (Å²) >= 11 is 0. The van der Waals surface area contributed by atoms with Crippen LogP contribution in [-0.4, -0.2) is 26.2 Å². The molecule has 0 radical (unpaired) electrons. The molecular weight excluding hydrogens is 332 g/mol. The van der Waals surface area contributed by atoms with E-state index in [-0.39, 0.29) is 7.43 Å². The standard InChI is InChI=1S/C23H28N2O.CH4/c1-3-11-24(12-4-1)20-9-7-18-15-19-8-10-21(25-13-5-2-6-14-25)17-23(19)26-22(18)16-20;/h7-10,16-17H,1-6,11-15H2;1H4. The first-order valence-corrected chi connectivity index (χ1v) is 10.3. The molecule has 0 saturated carbocycles. The Bertz CT molecular complexity index is 723. The van der Waals surface area contributed by atoms with Gasteiger partial charge in [0.05, 0.1) is 0 Å². The van der Waals surface area contributed by atoms with Crippen molar-refractivity contribution in [2.45, 2.75) is 52.4 Å². The lowest BCUT2D eigenvalue weighted by molar-refractivity contribution is 0.459. The van der Waals surface area contributed by atoms with Gasteiger partial charge in [-0.05, 0) is 61.8 Å². The Morgan fingerprint density at radius 1 is 0.593 bits per heavy atom. The summed E-state index contributed by atoms with van der Waals surface area (Å²) in [5, 5.41) is 0. The molecule has 0 atom stereocenters. The van der Waals surface area contributed by atoms with Crippen molar-refractivity contribution in [1.29, 1.82) is 0 Å². The maximum absolute atomic E-state index is 6.39. The summed E-state index contributed by atoms with van der Waals surface area (Å²) in [5.74, 6) is 2.10. The van der Waals surface area contributed by atoms with E-state index in [0.717, 1.165) is 17.9 Å². The highest BCUT2D eigenvalue weighted by atomic mass is 16.5. The van der Waals surface area contributed by atoms with Crippen molar-refractivity contribution in [2.24, 2.45) is 0 Å². The van der Waals surface area contributed by atoms with Gasteiger partial charge >= 0.3 is 0 Å². The summed E-state index contributed by atoms with van der Waals surface area (Å²) in [4.78, 5) is 5.01. The van der Waals surface area contributed by atoms with Crippen LogP contribution < -0.4 is 14.5 Å². The first kappa shape index (κ1) is 18.2. The summed E-state index contributed by atoms with van der Waals surface area (Å²) in [6.07, 6.45) is 8.93. The van der Waals surface area contributed by atoms with Crippen LogP contribution in [0.3, 0.4) is 0 Å². The SMILES string of the molecule is C.c1cc2c(cc1N1CCCCC1)Oc1cc(N3CCCCC3)ccc1C2. The number of piperidine rings is 2. The van der Waals surface area contributed by atoms with Crippen molar-refractivity contribution >= 4 is 11.4 Å². The third-order valence-electron chi connectivity index (χ3n) is 6.14. The van der Waals surface area contributed by atoms with Crippen molar-refractivity contribution in [1.82, 2.24) is 0 Å². The monoisotopic (exact) mass is 364 g/mol. The molecule has 0 spiro atoms. The fourth-order valence-electron chi connectivity index (χ4n) is 4.59. The summed E-state index contributed by atoms with van der Waals surface area (Å²) in [6.45, 7) is 4.70. The number of hydrogen-bond acceptors (Lipinski definition) is 3. The molecule has 3 aliphatic heterocycles. The Morgan fingerprint density at radius 3 is 1.48 bits per heavy atom. The van der Waals surface area contributed by atoms with E-state index in [2.05, 4.69) is 46.2 Å². The number of anilines is 2. The van der Waals surface area contributed by atoms with E-state index >= 15 is 0 Å². The normalized spacial score (nSPS) is 18.8. The molecular formula is C24H32N2O. The van der Waals surface area contributed by atoms with Crippen LogP contribution in [0, 0.1) is 0 Å². The van der Waals surface area contributed by atoms with Gasteiger partial charge in [0, 0.05) is 56.1 Å². The van der Waals surface area contributed by atoms with Crippen molar-refractivity contribution in [3.63, 3.8) is 0 Å². The second kappa shape index (κ2) is 7.84. The highest BCUT2D eigenvalue weighted by Gasteiger charge is 2.21. The van der Waals surface area contributed by atoms with Gasteiger partial charge in [-0.2, -0.15) is 0 Å². The Hall–Kier alpha value is -2.16. The lowest BCUT2D eigenvalue weighted by Gasteiger charge is -2.31. The van der Waals surface area contributed by atoms with E-state index in [0.29, 0.717) is 0 Å². The molecule has 0 unspecified atom stereocenters. The van der Waals surface area contributed by atoms with Crippen LogP contribution in [0.15, 0.2) is 36.4 Å². The van der Waals surface area contributed by atoms with E-state index in [4.69, 9.17) is 4.74 Å². The molecule has 0 bridgehead atoms. The number of fused-ring (bicyclic) bond motifs is 2. The lowest BCUT2D eigenvalue weighted by atomic mass is 9.98. The molecule has 3 heterocycles. The van der Waals surface area contributed by atoms with Gasteiger partial charge in [0.15, 0.2) is 0 Å². The van der Waals surface area contributed by atoms with Crippen molar-refractivity contribution < 1.29 is 4.74 Å². The summed E-state index contributed by atoms with van der Waals surface area (Å²) in [5.41, 5.74) is 5.26. The molecule has 144 valence electrons. The van der Waals surface area contributed by atoms with E-state index < -0.39 is 0 Å². The number of benzene rings is 2. The fraction of sp³-hybridized carbons (Fsp3) is 0.500.